The summed E-state index contributed by atoms with van der Waals surface area (Å²) in [5, 5.41) is 9.13. The molecular weight excluding hydrogens is 244 g/mol. The van der Waals surface area contributed by atoms with Gasteiger partial charge in [0, 0.05) is 17.5 Å². The second kappa shape index (κ2) is 6.35. The van der Waals surface area contributed by atoms with E-state index in [1.165, 1.54) is 7.11 Å². The Labute approximate surface area is 105 Å². The fourth-order valence-corrected chi connectivity index (χ4v) is 1.77. The number of halogens is 1. The molecule has 94 valence electrons. The van der Waals surface area contributed by atoms with Gasteiger partial charge in [-0.25, -0.2) is 0 Å². The van der Waals surface area contributed by atoms with E-state index in [1.807, 2.05) is 0 Å². The van der Waals surface area contributed by atoms with E-state index in [4.69, 9.17) is 26.2 Å². The molecule has 0 spiro atoms. The number of hydrogen-bond acceptors (Lipinski definition) is 3. The van der Waals surface area contributed by atoms with Gasteiger partial charge in [-0.3, -0.25) is 4.79 Å². The second-order valence-corrected chi connectivity index (χ2v) is 3.95. The maximum Gasteiger partial charge on any atom is 0.303 e. The highest BCUT2D eigenvalue weighted by Crippen LogP contribution is 2.33. The molecule has 0 aliphatic carbocycles. The highest BCUT2D eigenvalue weighted by molar-refractivity contribution is 6.31. The average molecular weight is 259 g/mol. The first-order chi connectivity index (χ1) is 8.08. The SMILES string of the molecule is COc1cc(Cl)c(CCCC(=O)O)cc1OC. The van der Waals surface area contributed by atoms with Crippen LogP contribution in [0.25, 0.3) is 0 Å². The van der Waals surface area contributed by atoms with Crippen molar-refractivity contribution in [3.8, 4) is 11.5 Å². The van der Waals surface area contributed by atoms with E-state index in [-0.39, 0.29) is 6.42 Å². The number of aliphatic carboxylic acids is 1. The molecule has 0 aliphatic heterocycles. The minimum Gasteiger partial charge on any atom is -0.493 e. The molecule has 0 atom stereocenters. The highest BCUT2D eigenvalue weighted by atomic mass is 35.5. The summed E-state index contributed by atoms with van der Waals surface area (Å²) in [4.78, 5) is 10.4. The third kappa shape index (κ3) is 3.82. The van der Waals surface area contributed by atoms with E-state index in [9.17, 15) is 4.79 Å². The third-order valence-electron chi connectivity index (χ3n) is 2.39. The molecule has 0 saturated carbocycles. The zero-order valence-corrected chi connectivity index (χ0v) is 10.6. The molecular formula is C12H15ClO4. The maximum absolute atomic E-state index is 10.4. The van der Waals surface area contributed by atoms with E-state index >= 15 is 0 Å². The molecule has 0 bridgehead atoms. The molecule has 0 aliphatic rings. The Morgan fingerprint density at radius 1 is 1.29 bits per heavy atom. The fraction of sp³-hybridized carbons (Fsp3) is 0.417. The molecule has 1 aromatic carbocycles. The van der Waals surface area contributed by atoms with Gasteiger partial charge in [0.25, 0.3) is 0 Å². The first kappa shape index (κ1) is 13.6. The molecule has 1 N–H and O–H groups in total. The summed E-state index contributed by atoms with van der Waals surface area (Å²) in [5.74, 6) is 0.364. The van der Waals surface area contributed by atoms with Gasteiger partial charge in [0.1, 0.15) is 0 Å². The Morgan fingerprint density at radius 3 is 2.41 bits per heavy atom. The number of hydrogen-bond donors (Lipinski definition) is 1. The van der Waals surface area contributed by atoms with E-state index in [0.29, 0.717) is 29.4 Å². The van der Waals surface area contributed by atoms with Crippen LogP contribution in [0.3, 0.4) is 0 Å². The highest BCUT2D eigenvalue weighted by Gasteiger charge is 2.10. The van der Waals surface area contributed by atoms with E-state index in [2.05, 4.69) is 0 Å². The molecule has 17 heavy (non-hydrogen) atoms. The number of carbonyl (C=O) groups is 1. The van der Waals surface area contributed by atoms with Crippen LogP contribution in [0.15, 0.2) is 12.1 Å². The van der Waals surface area contributed by atoms with Crippen molar-refractivity contribution in [1.29, 1.82) is 0 Å². The number of carboxylic acid groups (broad SMARTS) is 1. The predicted octanol–water partition coefficient (Wildman–Crippen LogP) is 2.76. The quantitative estimate of drug-likeness (QED) is 0.852. The normalized spacial score (nSPS) is 10.1. The van der Waals surface area contributed by atoms with Crippen LogP contribution in [0, 0.1) is 0 Å². The summed E-state index contributed by atoms with van der Waals surface area (Å²) < 4.78 is 10.3. The molecule has 0 fully saturated rings. The second-order valence-electron chi connectivity index (χ2n) is 3.55. The molecule has 0 amide bonds. The van der Waals surface area contributed by atoms with Crippen molar-refractivity contribution in [2.75, 3.05) is 14.2 Å². The number of rotatable bonds is 6. The van der Waals surface area contributed by atoms with Gasteiger partial charge in [-0.1, -0.05) is 11.6 Å². The Hall–Kier alpha value is -1.42. The number of carboxylic acids is 1. The van der Waals surface area contributed by atoms with Crippen LogP contribution in [0.1, 0.15) is 18.4 Å². The smallest absolute Gasteiger partial charge is 0.303 e. The largest absolute Gasteiger partial charge is 0.493 e. The molecule has 0 unspecified atom stereocenters. The molecule has 0 heterocycles. The third-order valence-corrected chi connectivity index (χ3v) is 2.74. The van der Waals surface area contributed by atoms with Crippen molar-refractivity contribution in [3.05, 3.63) is 22.7 Å². The lowest BCUT2D eigenvalue weighted by Gasteiger charge is -2.11. The van der Waals surface area contributed by atoms with E-state index in [0.717, 1.165) is 5.56 Å². The van der Waals surface area contributed by atoms with Gasteiger partial charge >= 0.3 is 5.97 Å². The molecule has 4 nitrogen and oxygen atoms in total. The van der Waals surface area contributed by atoms with Crippen LogP contribution >= 0.6 is 11.6 Å². The van der Waals surface area contributed by atoms with Crippen molar-refractivity contribution in [1.82, 2.24) is 0 Å². The van der Waals surface area contributed by atoms with Gasteiger partial charge in [0.15, 0.2) is 11.5 Å². The van der Waals surface area contributed by atoms with Gasteiger partial charge in [-0.2, -0.15) is 0 Å². The molecule has 0 aromatic heterocycles. The minimum absolute atomic E-state index is 0.130. The fourth-order valence-electron chi connectivity index (χ4n) is 1.52. The number of methoxy groups -OCH3 is 2. The number of aryl methyl sites for hydroxylation is 1. The van der Waals surface area contributed by atoms with Gasteiger partial charge in [-0.15, -0.1) is 0 Å². The summed E-state index contributed by atoms with van der Waals surface area (Å²) in [6, 6.07) is 3.46. The van der Waals surface area contributed by atoms with Crippen LogP contribution in [0.4, 0.5) is 0 Å². The van der Waals surface area contributed by atoms with Gasteiger partial charge in [-0.05, 0) is 24.5 Å². The lowest BCUT2D eigenvalue weighted by molar-refractivity contribution is -0.137. The standard InChI is InChI=1S/C12H15ClO4/c1-16-10-6-8(4-3-5-12(14)15)9(13)7-11(10)17-2/h6-7H,3-5H2,1-2H3,(H,14,15). The zero-order valence-electron chi connectivity index (χ0n) is 9.83. The van der Waals surface area contributed by atoms with Gasteiger partial charge in [0.2, 0.25) is 0 Å². The van der Waals surface area contributed by atoms with Crippen LogP contribution in [0.5, 0.6) is 11.5 Å². The van der Waals surface area contributed by atoms with Gasteiger partial charge < -0.3 is 14.6 Å². The zero-order chi connectivity index (χ0) is 12.8. The van der Waals surface area contributed by atoms with Crippen LogP contribution in [0.2, 0.25) is 5.02 Å². The van der Waals surface area contributed by atoms with Crippen molar-refractivity contribution < 1.29 is 19.4 Å². The Morgan fingerprint density at radius 2 is 1.88 bits per heavy atom. The maximum atomic E-state index is 10.4. The predicted molar refractivity (Wildman–Crippen MR) is 65.1 cm³/mol. The lowest BCUT2D eigenvalue weighted by Crippen LogP contribution is -1.98. The van der Waals surface area contributed by atoms with Crippen molar-refractivity contribution in [2.24, 2.45) is 0 Å². The monoisotopic (exact) mass is 258 g/mol. The Balaban J connectivity index is 2.81. The minimum atomic E-state index is -0.804. The van der Waals surface area contributed by atoms with Gasteiger partial charge in [0.05, 0.1) is 14.2 Å². The summed E-state index contributed by atoms with van der Waals surface area (Å²) in [6.45, 7) is 0. The van der Waals surface area contributed by atoms with E-state index in [1.54, 1.807) is 19.2 Å². The summed E-state index contributed by atoms with van der Waals surface area (Å²) >= 11 is 6.07. The molecule has 5 heteroatoms. The molecule has 0 saturated heterocycles. The first-order valence-corrected chi connectivity index (χ1v) is 5.58. The summed E-state index contributed by atoms with van der Waals surface area (Å²) in [6.07, 6.45) is 1.28. The molecule has 1 aromatic rings. The molecule has 1 rings (SSSR count). The summed E-state index contributed by atoms with van der Waals surface area (Å²) in [7, 11) is 3.09. The lowest BCUT2D eigenvalue weighted by atomic mass is 10.1. The summed E-state index contributed by atoms with van der Waals surface area (Å²) in [5.41, 5.74) is 0.866. The number of ether oxygens (including phenoxy) is 2. The van der Waals surface area contributed by atoms with Crippen molar-refractivity contribution >= 4 is 17.6 Å². The van der Waals surface area contributed by atoms with Crippen LogP contribution in [-0.2, 0) is 11.2 Å². The van der Waals surface area contributed by atoms with E-state index < -0.39 is 5.97 Å². The molecule has 0 radical (unpaired) electrons. The topological polar surface area (TPSA) is 55.8 Å². The Bertz CT molecular complexity index is 404. The van der Waals surface area contributed by atoms with Crippen LogP contribution in [-0.4, -0.2) is 25.3 Å². The van der Waals surface area contributed by atoms with Crippen molar-refractivity contribution in [2.45, 2.75) is 19.3 Å². The average Bonchev–Trinajstić information content (AvgIpc) is 2.30. The van der Waals surface area contributed by atoms with Crippen molar-refractivity contribution in [3.63, 3.8) is 0 Å². The number of benzene rings is 1. The first-order valence-electron chi connectivity index (χ1n) is 5.20. The van der Waals surface area contributed by atoms with Crippen LogP contribution < -0.4 is 9.47 Å². The Kier molecular flexibility index (Phi) is 5.10.